The van der Waals surface area contributed by atoms with Crippen LogP contribution >= 0.6 is 11.8 Å². The molecule has 2 unspecified atom stereocenters. The lowest BCUT2D eigenvalue weighted by Gasteiger charge is -2.21. The van der Waals surface area contributed by atoms with E-state index in [1.54, 1.807) is 18.0 Å². The van der Waals surface area contributed by atoms with Crippen LogP contribution in [0.25, 0.3) is 0 Å². The summed E-state index contributed by atoms with van der Waals surface area (Å²) in [5.74, 6) is 0.928. The normalized spacial score (nSPS) is 20.4. The Morgan fingerprint density at radius 2 is 2.35 bits per heavy atom. The Morgan fingerprint density at radius 1 is 1.60 bits per heavy atom. The van der Waals surface area contributed by atoms with E-state index in [0.717, 1.165) is 18.7 Å². The van der Waals surface area contributed by atoms with Gasteiger partial charge in [0.15, 0.2) is 5.12 Å². The van der Waals surface area contributed by atoms with Crippen molar-refractivity contribution in [2.45, 2.75) is 51.3 Å². The van der Waals surface area contributed by atoms with Crippen molar-refractivity contribution >= 4 is 28.6 Å². The third kappa shape index (κ3) is 3.23. The molecule has 1 aromatic rings. The number of hydrogen-bond donors (Lipinski definition) is 0. The van der Waals surface area contributed by atoms with E-state index in [1.807, 2.05) is 10.7 Å². The average molecular weight is 295 g/mol. The highest BCUT2D eigenvalue weighted by Crippen LogP contribution is 2.30. The number of nitrogens with zero attached hydrogens (tertiary/aromatic N) is 3. The first-order chi connectivity index (χ1) is 9.52. The smallest absolute Gasteiger partial charge is 0.229 e. The minimum atomic E-state index is 0.0600. The monoisotopic (exact) mass is 295 g/mol. The van der Waals surface area contributed by atoms with Crippen molar-refractivity contribution in [1.82, 2.24) is 9.78 Å². The molecule has 2 atom stereocenters. The molecular formula is C14H21N3O2S. The SMILES string of the molecule is CCCC(C)n1nccc1N1CC(SC(C)=O)CC1=O. The Hall–Kier alpha value is -1.30. The number of amides is 1. The molecule has 6 heteroatoms. The second-order valence-electron chi connectivity index (χ2n) is 5.21. The zero-order chi connectivity index (χ0) is 14.7. The van der Waals surface area contributed by atoms with Gasteiger partial charge in [0, 0.05) is 31.2 Å². The fourth-order valence-corrected chi connectivity index (χ4v) is 3.53. The van der Waals surface area contributed by atoms with E-state index in [-0.39, 0.29) is 22.3 Å². The van der Waals surface area contributed by atoms with Crippen molar-refractivity contribution in [3.05, 3.63) is 12.3 Å². The lowest BCUT2D eigenvalue weighted by atomic mass is 10.2. The van der Waals surface area contributed by atoms with Gasteiger partial charge in [-0.3, -0.25) is 14.5 Å². The summed E-state index contributed by atoms with van der Waals surface area (Å²) < 4.78 is 1.92. The molecule has 0 saturated carbocycles. The number of thioether (sulfide) groups is 1. The summed E-state index contributed by atoms with van der Waals surface area (Å²) in [6, 6.07) is 2.16. The number of aromatic nitrogens is 2. The lowest BCUT2D eigenvalue weighted by Crippen LogP contribution is -2.28. The molecule has 1 saturated heterocycles. The maximum Gasteiger partial charge on any atom is 0.229 e. The van der Waals surface area contributed by atoms with Crippen molar-refractivity contribution in [2.75, 3.05) is 11.4 Å². The van der Waals surface area contributed by atoms with Crippen LogP contribution in [0.5, 0.6) is 0 Å². The quantitative estimate of drug-likeness (QED) is 0.838. The van der Waals surface area contributed by atoms with Crippen LogP contribution in [-0.2, 0) is 9.59 Å². The Morgan fingerprint density at radius 3 is 3.00 bits per heavy atom. The van der Waals surface area contributed by atoms with Gasteiger partial charge in [-0.05, 0) is 13.3 Å². The molecule has 0 N–H and O–H groups in total. The summed E-state index contributed by atoms with van der Waals surface area (Å²) in [6.07, 6.45) is 4.28. The summed E-state index contributed by atoms with van der Waals surface area (Å²) >= 11 is 1.26. The van der Waals surface area contributed by atoms with Gasteiger partial charge in [0.2, 0.25) is 5.91 Å². The lowest BCUT2D eigenvalue weighted by molar-refractivity contribution is -0.117. The van der Waals surface area contributed by atoms with Crippen LogP contribution in [0.3, 0.4) is 0 Å². The predicted octanol–water partition coefficient (Wildman–Crippen LogP) is 2.63. The zero-order valence-electron chi connectivity index (χ0n) is 12.2. The molecule has 0 spiro atoms. The topological polar surface area (TPSA) is 55.2 Å². The molecule has 20 heavy (non-hydrogen) atoms. The summed E-state index contributed by atoms with van der Waals surface area (Å²) in [5, 5.41) is 4.48. The van der Waals surface area contributed by atoms with Crippen LogP contribution in [0, 0.1) is 0 Å². The minimum Gasteiger partial charge on any atom is -0.296 e. The van der Waals surface area contributed by atoms with E-state index < -0.39 is 0 Å². The average Bonchev–Trinajstić information content (AvgIpc) is 2.95. The van der Waals surface area contributed by atoms with Crippen molar-refractivity contribution < 1.29 is 9.59 Å². The van der Waals surface area contributed by atoms with Crippen LogP contribution in [0.15, 0.2) is 12.3 Å². The molecule has 2 heterocycles. The van der Waals surface area contributed by atoms with E-state index in [9.17, 15) is 9.59 Å². The molecular weight excluding hydrogens is 274 g/mol. The first-order valence-corrected chi connectivity index (χ1v) is 7.92. The van der Waals surface area contributed by atoms with Gasteiger partial charge in [0.05, 0.1) is 12.2 Å². The van der Waals surface area contributed by atoms with Crippen molar-refractivity contribution in [3.8, 4) is 0 Å². The highest BCUT2D eigenvalue weighted by Gasteiger charge is 2.33. The van der Waals surface area contributed by atoms with Crippen LogP contribution in [0.2, 0.25) is 0 Å². The molecule has 1 fully saturated rings. The van der Waals surface area contributed by atoms with E-state index in [2.05, 4.69) is 18.9 Å². The van der Waals surface area contributed by atoms with Gasteiger partial charge in [-0.2, -0.15) is 5.10 Å². The standard InChI is InChI=1S/C14H21N3O2S/c1-4-5-10(2)17-13(6-7-15-17)16-9-12(8-14(16)19)20-11(3)18/h6-7,10,12H,4-5,8-9H2,1-3H3. The maximum atomic E-state index is 12.2. The first kappa shape index (κ1) is 15.1. The molecule has 110 valence electrons. The Balaban J connectivity index is 2.14. The molecule has 1 aliphatic heterocycles. The fourth-order valence-electron chi connectivity index (χ4n) is 2.61. The number of carbonyl (C=O) groups excluding carboxylic acids is 2. The molecule has 5 nitrogen and oxygen atoms in total. The van der Waals surface area contributed by atoms with Gasteiger partial charge < -0.3 is 0 Å². The van der Waals surface area contributed by atoms with E-state index >= 15 is 0 Å². The van der Waals surface area contributed by atoms with Crippen LogP contribution < -0.4 is 4.90 Å². The van der Waals surface area contributed by atoms with Gasteiger partial charge >= 0.3 is 0 Å². The molecule has 1 aromatic heterocycles. The molecule has 1 aliphatic rings. The predicted molar refractivity (Wildman–Crippen MR) is 80.9 cm³/mol. The summed E-state index contributed by atoms with van der Waals surface area (Å²) in [7, 11) is 0. The van der Waals surface area contributed by atoms with E-state index in [4.69, 9.17) is 0 Å². The summed E-state index contributed by atoms with van der Waals surface area (Å²) in [4.78, 5) is 25.1. The molecule has 2 rings (SSSR count). The molecule has 0 aliphatic carbocycles. The fraction of sp³-hybridized carbons (Fsp3) is 0.643. The van der Waals surface area contributed by atoms with Crippen LogP contribution in [-0.4, -0.2) is 32.6 Å². The Bertz CT molecular complexity index is 500. The van der Waals surface area contributed by atoms with Gasteiger partial charge in [-0.1, -0.05) is 25.1 Å². The first-order valence-electron chi connectivity index (χ1n) is 7.04. The third-order valence-electron chi connectivity index (χ3n) is 3.47. The Labute approximate surface area is 123 Å². The van der Waals surface area contributed by atoms with Gasteiger partial charge in [0.25, 0.3) is 0 Å². The van der Waals surface area contributed by atoms with Gasteiger partial charge in [0.1, 0.15) is 5.82 Å². The van der Waals surface area contributed by atoms with Crippen molar-refractivity contribution in [3.63, 3.8) is 0 Å². The Kier molecular flexibility index (Phi) is 4.86. The van der Waals surface area contributed by atoms with E-state index in [1.165, 1.54) is 11.8 Å². The number of hydrogen-bond acceptors (Lipinski definition) is 4. The van der Waals surface area contributed by atoms with Crippen LogP contribution in [0.1, 0.15) is 46.1 Å². The second kappa shape index (κ2) is 6.43. The van der Waals surface area contributed by atoms with Crippen LogP contribution in [0.4, 0.5) is 5.82 Å². The van der Waals surface area contributed by atoms with Crippen molar-refractivity contribution in [1.29, 1.82) is 0 Å². The van der Waals surface area contributed by atoms with Crippen molar-refractivity contribution in [2.24, 2.45) is 0 Å². The maximum absolute atomic E-state index is 12.2. The number of carbonyl (C=O) groups is 2. The largest absolute Gasteiger partial charge is 0.296 e. The highest BCUT2D eigenvalue weighted by atomic mass is 32.2. The van der Waals surface area contributed by atoms with Gasteiger partial charge in [-0.25, -0.2) is 4.68 Å². The number of anilines is 1. The molecule has 0 bridgehead atoms. The summed E-state index contributed by atoms with van der Waals surface area (Å²) in [5.41, 5.74) is 0. The third-order valence-corrected chi connectivity index (χ3v) is 4.45. The minimum absolute atomic E-state index is 0.0600. The zero-order valence-corrected chi connectivity index (χ0v) is 13.0. The molecule has 1 amide bonds. The highest BCUT2D eigenvalue weighted by molar-refractivity contribution is 8.14. The van der Waals surface area contributed by atoms with Gasteiger partial charge in [-0.15, -0.1) is 0 Å². The second-order valence-corrected chi connectivity index (χ2v) is 6.69. The summed E-state index contributed by atoms with van der Waals surface area (Å²) in [6.45, 7) is 6.39. The molecule has 0 aromatic carbocycles. The molecule has 0 radical (unpaired) electrons. The van der Waals surface area contributed by atoms with E-state index in [0.29, 0.717) is 13.0 Å². The number of rotatable bonds is 5.